The summed E-state index contributed by atoms with van der Waals surface area (Å²) in [6.07, 6.45) is 2.18. The van der Waals surface area contributed by atoms with E-state index in [1.165, 1.54) is 11.0 Å². The van der Waals surface area contributed by atoms with E-state index in [1.54, 1.807) is 24.3 Å². The number of amides is 1. The second kappa shape index (κ2) is 6.39. The van der Waals surface area contributed by atoms with Gasteiger partial charge in [-0.2, -0.15) is 5.10 Å². The number of nitrogens with zero attached hydrogens (tertiary/aromatic N) is 5. The number of carbonyl (C=O) groups excluding carboxylic acids is 1. The van der Waals surface area contributed by atoms with Crippen LogP contribution in [0, 0.1) is 6.92 Å². The molecule has 1 amide bonds. The second-order valence-electron chi connectivity index (χ2n) is 5.42. The predicted octanol–water partition coefficient (Wildman–Crippen LogP) is 1.05. The highest BCUT2D eigenvalue weighted by Crippen LogP contribution is 2.08. The number of tetrazole rings is 1. The van der Waals surface area contributed by atoms with Gasteiger partial charge < -0.3 is 5.32 Å². The summed E-state index contributed by atoms with van der Waals surface area (Å²) in [6, 6.07) is 9.06. The number of benzene rings is 1. The molecule has 3 rings (SSSR count). The van der Waals surface area contributed by atoms with Gasteiger partial charge in [-0.1, -0.05) is 0 Å². The minimum Gasteiger partial charge on any atom is -0.349 e. The highest BCUT2D eigenvalue weighted by Gasteiger charge is 2.12. The first kappa shape index (κ1) is 14.9. The molecule has 2 aromatic heterocycles. The number of aryl methyl sites for hydroxylation is 1. The zero-order valence-corrected chi connectivity index (χ0v) is 12.9. The van der Waals surface area contributed by atoms with E-state index in [2.05, 4.69) is 31.0 Å². The first-order chi connectivity index (χ1) is 11.1. The van der Waals surface area contributed by atoms with Crippen LogP contribution < -0.4 is 5.32 Å². The Morgan fingerprint density at radius 1 is 1.35 bits per heavy atom. The van der Waals surface area contributed by atoms with Crippen molar-refractivity contribution in [3.05, 3.63) is 53.6 Å². The third-order valence-electron chi connectivity index (χ3n) is 3.39. The molecular formula is C15H17N7O. The number of hydrogen-bond donors (Lipinski definition) is 2. The van der Waals surface area contributed by atoms with Crippen molar-refractivity contribution in [1.29, 1.82) is 0 Å². The highest BCUT2D eigenvalue weighted by molar-refractivity contribution is 5.94. The zero-order valence-electron chi connectivity index (χ0n) is 12.9. The van der Waals surface area contributed by atoms with Crippen LogP contribution in [-0.4, -0.2) is 42.4 Å². The normalized spacial score (nSPS) is 12.1. The number of H-pyrrole nitrogens is 1. The first-order valence-corrected chi connectivity index (χ1v) is 7.27. The molecule has 0 bridgehead atoms. The lowest BCUT2D eigenvalue weighted by molar-refractivity contribution is 0.0940. The Hall–Kier alpha value is -3.03. The molecule has 0 spiro atoms. The molecule has 0 fully saturated rings. The minimum atomic E-state index is -0.118. The molecule has 1 atom stereocenters. The fraction of sp³-hybridized carbons (Fsp3) is 0.267. The summed E-state index contributed by atoms with van der Waals surface area (Å²) >= 11 is 0. The highest BCUT2D eigenvalue weighted by atomic mass is 16.1. The molecule has 0 aliphatic carbocycles. The van der Waals surface area contributed by atoms with Crippen molar-refractivity contribution in [2.24, 2.45) is 0 Å². The minimum absolute atomic E-state index is 0.00982. The lowest BCUT2D eigenvalue weighted by Gasteiger charge is -2.12. The smallest absolute Gasteiger partial charge is 0.251 e. The number of nitrogens with one attached hydrogen (secondary N) is 2. The summed E-state index contributed by atoms with van der Waals surface area (Å²) in [4.78, 5) is 12.3. The van der Waals surface area contributed by atoms with Gasteiger partial charge >= 0.3 is 0 Å². The molecule has 2 N–H and O–H groups in total. The molecule has 0 saturated carbocycles. The molecular weight excluding hydrogens is 294 g/mol. The van der Waals surface area contributed by atoms with Crippen molar-refractivity contribution in [3.63, 3.8) is 0 Å². The van der Waals surface area contributed by atoms with Crippen molar-refractivity contribution in [3.8, 4) is 5.69 Å². The van der Waals surface area contributed by atoms with Gasteiger partial charge in [-0.25, -0.2) is 4.68 Å². The van der Waals surface area contributed by atoms with Crippen LogP contribution in [0.25, 0.3) is 5.69 Å². The Labute approximate surface area is 132 Å². The molecule has 0 unspecified atom stereocenters. The van der Waals surface area contributed by atoms with E-state index in [9.17, 15) is 4.79 Å². The maximum Gasteiger partial charge on any atom is 0.251 e. The van der Waals surface area contributed by atoms with E-state index in [1.807, 2.05) is 19.9 Å². The van der Waals surface area contributed by atoms with Crippen LogP contribution >= 0.6 is 0 Å². The summed E-state index contributed by atoms with van der Waals surface area (Å²) in [5.41, 5.74) is 3.33. The SMILES string of the molecule is Cc1cc(C[C@H](C)NC(=O)c2ccc(-n3cnnn3)cc2)n[nH]1. The fourth-order valence-corrected chi connectivity index (χ4v) is 2.30. The van der Waals surface area contributed by atoms with Gasteiger partial charge in [-0.05, 0) is 54.6 Å². The quantitative estimate of drug-likeness (QED) is 0.733. The molecule has 0 aliphatic rings. The standard InChI is InChI=1S/C15H17N7O/c1-10(7-13-8-11(2)18-19-13)17-15(23)12-3-5-14(6-4-12)22-9-16-20-21-22/h3-6,8-10H,7H2,1-2H3,(H,17,23)(H,18,19)/t10-/m0/s1. The lowest BCUT2D eigenvalue weighted by Crippen LogP contribution is -2.34. The molecule has 118 valence electrons. The Kier molecular flexibility index (Phi) is 4.13. The van der Waals surface area contributed by atoms with Crippen molar-refractivity contribution in [2.75, 3.05) is 0 Å². The van der Waals surface area contributed by atoms with Gasteiger partial charge in [0.05, 0.1) is 11.4 Å². The van der Waals surface area contributed by atoms with E-state index in [-0.39, 0.29) is 11.9 Å². The van der Waals surface area contributed by atoms with Gasteiger partial charge in [0.2, 0.25) is 0 Å². The van der Waals surface area contributed by atoms with Crippen LogP contribution in [0.1, 0.15) is 28.7 Å². The third-order valence-corrected chi connectivity index (χ3v) is 3.39. The van der Waals surface area contributed by atoms with Gasteiger partial charge in [0.25, 0.3) is 5.91 Å². The van der Waals surface area contributed by atoms with Crippen molar-refractivity contribution < 1.29 is 4.79 Å². The molecule has 0 aliphatic heterocycles. The summed E-state index contributed by atoms with van der Waals surface area (Å²) in [5, 5.41) is 21.0. The van der Waals surface area contributed by atoms with Gasteiger partial charge in [-0.3, -0.25) is 9.89 Å². The Morgan fingerprint density at radius 2 is 2.13 bits per heavy atom. The number of aromatic nitrogens is 6. The number of carbonyl (C=O) groups is 1. The second-order valence-corrected chi connectivity index (χ2v) is 5.42. The Bertz CT molecular complexity index is 777. The molecule has 23 heavy (non-hydrogen) atoms. The van der Waals surface area contributed by atoms with Crippen LogP contribution in [0.3, 0.4) is 0 Å². The lowest BCUT2D eigenvalue weighted by atomic mass is 10.1. The van der Waals surface area contributed by atoms with Crippen molar-refractivity contribution in [2.45, 2.75) is 26.3 Å². The van der Waals surface area contributed by atoms with Crippen LogP contribution in [0.5, 0.6) is 0 Å². The Balaban J connectivity index is 1.61. The average molecular weight is 311 g/mol. The van der Waals surface area contributed by atoms with E-state index < -0.39 is 0 Å². The molecule has 2 heterocycles. The molecule has 8 nitrogen and oxygen atoms in total. The van der Waals surface area contributed by atoms with Gasteiger partial charge in [-0.15, -0.1) is 5.10 Å². The predicted molar refractivity (Wildman–Crippen MR) is 83.1 cm³/mol. The van der Waals surface area contributed by atoms with E-state index in [0.29, 0.717) is 12.0 Å². The first-order valence-electron chi connectivity index (χ1n) is 7.27. The van der Waals surface area contributed by atoms with Crippen LogP contribution in [-0.2, 0) is 6.42 Å². The summed E-state index contributed by atoms with van der Waals surface area (Å²) in [6.45, 7) is 3.91. The van der Waals surface area contributed by atoms with Crippen molar-refractivity contribution in [1.82, 2.24) is 35.7 Å². The summed E-state index contributed by atoms with van der Waals surface area (Å²) in [7, 11) is 0. The van der Waals surface area contributed by atoms with Crippen molar-refractivity contribution >= 4 is 5.91 Å². The largest absolute Gasteiger partial charge is 0.349 e. The fourth-order valence-electron chi connectivity index (χ4n) is 2.30. The van der Waals surface area contributed by atoms with Crippen LogP contribution in [0.4, 0.5) is 0 Å². The van der Waals surface area contributed by atoms with E-state index in [0.717, 1.165) is 17.1 Å². The zero-order chi connectivity index (χ0) is 16.2. The topological polar surface area (TPSA) is 101 Å². The molecule has 0 radical (unpaired) electrons. The molecule has 3 aromatic rings. The maximum atomic E-state index is 12.3. The van der Waals surface area contributed by atoms with Gasteiger partial charge in [0, 0.05) is 23.7 Å². The number of hydrogen-bond acceptors (Lipinski definition) is 5. The summed E-state index contributed by atoms with van der Waals surface area (Å²) < 4.78 is 1.53. The van der Waals surface area contributed by atoms with Gasteiger partial charge in [0.1, 0.15) is 6.33 Å². The molecule has 0 saturated heterocycles. The van der Waals surface area contributed by atoms with Gasteiger partial charge in [0.15, 0.2) is 0 Å². The molecule has 1 aromatic carbocycles. The summed E-state index contributed by atoms with van der Waals surface area (Å²) in [5.74, 6) is -0.118. The number of aromatic amines is 1. The third kappa shape index (κ3) is 3.60. The van der Waals surface area contributed by atoms with E-state index in [4.69, 9.17) is 0 Å². The monoisotopic (exact) mass is 311 g/mol. The van der Waals surface area contributed by atoms with Crippen LogP contribution in [0.15, 0.2) is 36.7 Å². The van der Waals surface area contributed by atoms with E-state index >= 15 is 0 Å². The number of rotatable bonds is 5. The molecule has 8 heteroatoms. The maximum absolute atomic E-state index is 12.3. The average Bonchev–Trinajstić information content (AvgIpc) is 3.19. The Morgan fingerprint density at radius 3 is 2.74 bits per heavy atom. The van der Waals surface area contributed by atoms with Crippen LogP contribution in [0.2, 0.25) is 0 Å².